The average Bonchev–Trinajstić information content (AvgIpc) is 2.55. The Kier molecular flexibility index (Phi) is 3.78. The molecule has 0 radical (unpaired) electrons. The van der Waals surface area contributed by atoms with E-state index in [1.54, 1.807) is 7.11 Å². The number of benzene rings is 1. The summed E-state index contributed by atoms with van der Waals surface area (Å²) in [5, 5.41) is 9.05. The molecule has 114 valence electrons. The molecule has 7 heteroatoms. The Balaban J connectivity index is 1.81. The van der Waals surface area contributed by atoms with E-state index in [9.17, 15) is 4.79 Å². The molecule has 1 atom stereocenters. The summed E-state index contributed by atoms with van der Waals surface area (Å²) < 4.78 is 5.16. The Morgan fingerprint density at radius 2 is 2.05 bits per heavy atom. The van der Waals surface area contributed by atoms with Crippen LogP contribution in [-0.2, 0) is 4.79 Å². The van der Waals surface area contributed by atoms with Crippen LogP contribution < -0.4 is 20.7 Å². The Morgan fingerprint density at radius 1 is 1.27 bits per heavy atom. The largest absolute Gasteiger partial charge is 0.497 e. The highest BCUT2D eigenvalue weighted by Gasteiger charge is 2.20. The first-order chi connectivity index (χ1) is 10.7. The van der Waals surface area contributed by atoms with Gasteiger partial charge in [0.2, 0.25) is 5.91 Å². The standard InChI is InChI=1S/C15H17N5O2/c1-9(10-3-5-11(22-2)6-4-10)19-15-13-14(17-8-18-15)16-7-12(21)20-13/h3-6,8-9H,7H2,1-2H3,(H,20,21)(H2,16,17,18,19). The van der Waals surface area contributed by atoms with Crippen molar-refractivity contribution in [1.82, 2.24) is 9.97 Å². The molecule has 1 unspecified atom stereocenters. The maximum absolute atomic E-state index is 11.5. The fraction of sp³-hybridized carbons (Fsp3) is 0.267. The summed E-state index contributed by atoms with van der Waals surface area (Å²) in [6, 6.07) is 7.81. The lowest BCUT2D eigenvalue weighted by Crippen LogP contribution is -2.29. The molecule has 0 aliphatic carbocycles. The summed E-state index contributed by atoms with van der Waals surface area (Å²) in [5.74, 6) is 1.92. The lowest BCUT2D eigenvalue weighted by atomic mass is 10.1. The van der Waals surface area contributed by atoms with Crippen molar-refractivity contribution in [3.8, 4) is 5.75 Å². The number of carbonyl (C=O) groups excluding carboxylic acids is 1. The molecule has 0 fully saturated rings. The van der Waals surface area contributed by atoms with E-state index in [1.165, 1.54) is 6.33 Å². The van der Waals surface area contributed by atoms with Crippen molar-refractivity contribution >= 4 is 23.2 Å². The number of hydrogen-bond donors (Lipinski definition) is 3. The van der Waals surface area contributed by atoms with Gasteiger partial charge in [0.15, 0.2) is 11.6 Å². The van der Waals surface area contributed by atoms with Crippen LogP contribution in [0.3, 0.4) is 0 Å². The number of carbonyl (C=O) groups is 1. The monoisotopic (exact) mass is 299 g/mol. The lowest BCUT2D eigenvalue weighted by Gasteiger charge is -2.22. The van der Waals surface area contributed by atoms with Crippen LogP contribution in [0.4, 0.5) is 17.3 Å². The molecule has 1 aliphatic rings. The third kappa shape index (κ3) is 2.78. The number of nitrogens with zero attached hydrogens (tertiary/aromatic N) is 2. The average molecular weight is 299 g/mol. The minimum Gasteiger partial charge on any atom is -0.497 e. The molecule has 2 aromatic rings. The van der Waals surface area contributed by atoms with Gasteiger partial charge in [-0.25, -0.2) is 9.97 Å². The van der Waals surface area contributed by atoms with Gasteiger partial charge in [0, 0.05) is 0 Å². The highest BCUT2D eigenvalue weighted by Crippen LogP contribution is 2.31. The van der Waals surface area contributed by atoms with Crippen LogP contribution in [0.25, 0.3) is 0 Å². The Labute approximate surface area is 128 Å². The summed E-state index contributed by atoms with van der Waals surface area (Å²) in [5.41, 5.74) is 1.67. The fourth-order valence-corrected chi connectivity index (χ4v) is 2.28. The molecule has 0 saturated heterocycles. The molecule has 22 heavy (non-hydrogen) atoms. The number of nitrogens with one attached hydrogen (secondary N) is 3. The molecule has 1 aromatic heterocycles. The van der Waals surface area contributed by atoms with Crippen LogP contribution in [0.1, 0.15) is 18.5 Å². The van der Waals surface area contributed by atoms with Gasteiger partial charge in [0.25, 0.3) is 0 Å². The molecule has 2 heterocycles. The molecular formula is C15H17N5O2. The third-order valence-corrected chi connectivity index (χ3v) is 3.50. The summed E-state index contributed by atoms with van der Waals surface area (Å²) in [6.07, 6.45) is 1.46. The summed E-state index contributed by atoms with van der Waals surface area (Å²) in [7, 11) is 1.64. The van der Waals surface area contributed by atoms with Crippen molar-refractivity contribution in [3.63, 3.8) is 0 Å². The second kappa shape index (κ2) is 5.88. The van der Waals surface area contributed by atoms with Crippen LogP contribution in [0.5, 0.6) is 5.75 Å². The molecule has 3 rings (SSSR count). The lowest BCUT2D eigenvalue weighted by molar-refractivity contribution is -0.114. The number of hydrogen-bond acceptors (Lipinski definition) is 6. The van der Waals surface area contributed by atoms with Crippen LogP contribution >= 0.6 is 0 Å². The van der Waals surface area contributed by atoms with Gasteiger partial charge in [-0.1, -0.05) is 12.1 Å². The predicted molar refractivity (Wildman–Crippen MR) is 84.2 cm³/mol. The minimum absolute atomic E-state index is 0.0173. The van der Waals surface area contributed by atoms with E-state index in [0.717, 1.165) is 11.3 Å². The van der Waals surface area contributed by atoms with E-state index in [4.69, 9.17) is 4.74 Å². The molecule has 1 aromatic carbocycles. The zero-order chi connectivity index (χ0) is 15.5. The first-order valence-electron chi connectivity index (χ1n) is 6.96. The van der Waals surface area contributed by atoms with Gasteiger partial charge in [-0.3, -0.25) is 4.79 Å². The van der Waals surface area contributed by atoms with Crippen LogP contribution in [-0.4, -0.2) is 29.5 Å². The van der Waals surface area contributed by atoms with E-state index in [1.807, 2.05) is 31.2 Å². The molecule has 3 N–H and O–H groups in total. The van der Waals surface area contributed by atoms with Gasteiger partial charge in [0.05, 0.1) is 19.7 Å². The first kappa shape index (κ1) is 14.1. The number of fused-ring (bicyclic) bond motifs is 1. The first-order valence-corrected chi connectivity index (χ1v) is 6.96. The van der Waals surface area contributed by atoms with Crippen molar-refractivity contribution < 1.29 is 9.53 Å². The molecule has 1 aliphatic heterocycles. The van der Waals surface area contributed by atoms with Crippen molar-refractivity contribution in [3.05, 3.63) is 36.2 Å². The van der Waals surface area contributed by atoms with Gasteiger partial charge in [0.1, 0.15) is 17.8 Å². The maximum atomic E-state index is 11.5. The number of aromatic nitrogens is 2. The summed E-state index contributed by atoms with van der Waals surface area (Å²) >= 11 is 0. The quantitative estimate of drug-likeness (QED) is 0.800. The van der Waals surface area contributed by atoms with Crippen molar-refractivity contribution in [1.29, 1.82) is 0 Å². The van der Waals surface area contributed by atoms with Crippen molar-refractivity contribution in [2.24, 2.45) is 0 Å². The van der Waals surface area contributed by atoms with Gasteiger partial charge >= 0.3 is 0 Å². The van der Waals surface area contributed by atoms with Crippen molar-refractivity contribution in [2.75, 3.05) is 29.6 Å². The minimum atomic E-state index is -0.109. The van der Waals surface area contributed by atoms with Gasteiger partial charge in [-0.05, 0) is 24.6 Å². The Hall–Kier alpha value is -2.83. The molecule has 7 nitrogen and oxygen atoms in total. The number of ether oxygens (including phenoxy) is 1. The molecule has 1 amide bonds. The van der Waals surface area contributed by atoms with E-state index in [2.05, 4.69) is 25.9 Å². The van der Waals surface area contributed by atoms with E-state index < -0.39 is 0 Å². The Morgan fingerprint density at radius 3 is 2.77 bits per heavy atom. The van der Waals surface area contributed by atoms with Crippen LogP contribution in [0.15, 0.2) is 30.6 Å². The van der Waals surface area contributed by atoms with E-state index in [0.29, 0.717) is 17.3 Å². The Bertz CT molecular complexity index is 687. The predicted octanol–water partition coefficient (Wildman–Crippen LogP) is 2.02. The zero-order valence-electron chi connectivity index (χ0n) is 12.4. The fourth-order valence-electron chi connectivity index (χ4n) is 2.28. The highest BCUT2D eigenvalue weighted by atomic mass is 16.5. The molecule has 0 saturated carbocycles. The normalized spacial score (nSPS) is 14.4. The molecule has 0 bridgehead atoms. The molecule has 0 spiro atoms. The number of amides is 1. The number of anilines is 3. The van der Waals surface area contributed by atoms with Gasteiger partial charge in [-0.2, -0.15) is 0 Å². The van der Waals surface area contributed by atoms with E-state index >= 15 is 0 Å². The van der Waals surface area contributed by atoms with E-state index in [-0.39, 0.29) is 18.5 Å². The van der Waals surface area contributed by atoms with Crippen molar-refractivity contribution in [2.45, 2.75) is 13.0 Å². The summed E-state index contributed by atoms with van der Waals surface area (Å²) in [6.45, 7) is 2.24. The second-order valence-electron chi connectivity index (χ2n) is 4.99. The highest BCUT2D eigenvalue weighted by molar-refractivity contribution is 6.02. The number of methoxy groups -OCH3 is 1. The van der Waals surface area contributed by atoms with Gasteiger partial charge in [-0.15, -0.1) is 0 Å². The van der Waals surface area contributed by atoms with Gasteiger partial charge < -0.3 is 20.7 Å². The molecular weight excluding hydrogens is 282 g/mol. The van der Waals surface area contributed by atoms with Crippen LogP contribution in [0.2, 0.25) is 0 Å². The summed E-state index contributed by atoms with van der Waals surface area (Å²) in [4.78, 5) is 19.9. The smallest absolute Gasteiger partial charge is 0.243 e. The SMILES string of the molecule is COc1ccc(C(C)Nc2ncnc3c2NC(=O)CN3)cc1. The zero-order valence-corrected chi connectivity index (χ0v) is 12.4. The topological polar surface area (TPSA) is 88.2 Å². The number of rotatable bonds is 4. The third-order valence-electron chi connectivity index (χ3n) is 3.50. The second-order valence-corrected chi connectivity index (χ2v) is 4.99. The maximum Gasteiger partial charge on any atom is 0.243 e. The van der Waals surface area contributed by atoms with Crippen LogP contribution in [0, 0.1) is 0 Å².